The zero-order chi connectivity index (χ0) is 11.8. The van der Waals surface area contributed by atoms with Gasteiger partial charge in [-0.3, -0.25) is 0 Å². The van der Waals surface area contributed by atoms with Crippen molar-refractivity contribution in [2.45, 2.75) is 0 Å². The van der Waals surface area contributed by atoms with Crippen molar-refractivity contribution >= 4 is 17.2 Å². The van der Waals surface area contributed by atoms with Gasteiger partial charge >= 0.3 is 0 Å². The molecule has 2 nitrogen and oxygen atoms in total. The van der Waals surface area contributed by atoms with Gasteiger partial charge in [-0.05, 0) is 18.2 Å². The standard InChI is InChI=1S/C13H8ClFN2/c14-10-5-2-1-4-9(10)12-8-17-7-3-6-11(15)13(17)16-12/h1-8H. The Bertz CT molecular complexity index is 691. The average Bonchev–Trinajstić information content (AvgIpc) is 2.75. The Kier molecular flexibility index (Phi) is 2.34. The summed E-state index contributed by atoms with van der Waals surface area (Å²) in [5, 5.41) is 0.608. The van der Waals surface area contributed by atoms with Gasteiger partial charge in [0.2, 0.25) is 0 Å². The van der Waals surface area contributed by atoms with Gasteiger partial charge in [0.1, 0.15) is 0 Å². The molecule has 0 aliphatic rings. The summed E-state index contributed by atoms with van der Waals surface area (Å²) in [6.07, 6.45) is 3.52. The Morgan fingerprint density at radius 3 is 2.71 bits per heavy atom. The van der Waals surface area contributed by atoms with E-state index in [1.807, 2.05) is 18.2 Å². The van der Waals surface area contributed by atoms with Crippen LogP contribution in [0.5, 0.6) is 0 Å². The molecule has 4 heteroatoms. The van der Waals surface area contributed by atoms with Crippen LogP contribution in [0.4, 0.5) is 4.39 Å². The van der Waals surface area contributed by atoms with E-state index in [4.69, 9.17) is 11.6 Å². The molecule has 0 aliphatic heterocycles. The third-order valence-corrected chi connectivity index (χ3v) is 2.91. The van der Waals surface area contributed by atoms with Gasteiger partial charge in [0, 0.05) is 18.0 Å². The highest BCUT2D eigenvalue weighted by atomic mass is 35.5. The minimum atomic E-state index is -0.342. The second-order valence-electron chi connectivity index (χ2n) is 3.69. The number of fused-ring (bicyclic) bond motifs is 1. The van der Waals surface area contributed by atoms with Gasteiger partial charge in [-0.2, -0.15) is 0 Å². The molecule has 0 spiro atoms. The molecule has 0 saturated heterocycles. The quantitative estimate of drug-likeness (QED) is 0.639. The SMILES string of the molecule is Fc1cccn2cc(-c3ccccc3Cl)nc12. The lowest BCUT2D eigenvalue weighted by atomic mass is 10.2. The first kappa shape index (κ1) is 10.3. The number of rotatable bonds is 1. The fourth-order valence-corrected chi connectivity index (χ4v) is 2.01. The maximum Gasteiger partial charge on any atom is 0.173 e. The lowest BCUT2D eigenvalue weighted by Crippen LogP contribution is -1.84. The van der Waals surface area contributed by atoms with Gasteiger partial charge in [-0.25, -0.2) is 9.37 Å². The van der Waals surface area contributed by atoms with E-state index in [1.54, 1.807) is 28.9 Å². The Morgan fingerprint density at radius 1 is 1.12 bits per heavy atom. The van der Waals surface area contributed by atoms with Crippen LogP contribution in [0.3, 0.4) is 0 Å². The van der Waals surface area contributed by atoms with Crippen molar-refractivity contribution < 1.29 is 4.39 Å². The third kappa shape index (κ3) is 1.68. The monoisotopic (exact) mass is 246 g/mol. The number of hydrogen-bond donors (Lipinski definition) is 0. The summed E-state index contributed by atoms with van der Waals surface area (Å²) in [5.41, 5.74) is 1.78. The van der Waals surface area contributed by atoms with Crippen LogP contribution in [-0.4, -0.2) is 9.38 Å². The molecule has 0 fully saturated rings. The Labute approximate surface area is 102 Å². The van der Waals surface area contributed by atoms with Crippen molar-refractivity contribution in [3.05, 3.63) is 59.6 Å². The number of halogens is 2. The third-order valence-electron chi connectivity index (χ3n) is 2.58. The summed E-state index contributed by atoms with van der Waals surface area (Å²) < 4.78 is 15.1. The van der Waals surface area contributed by atoms with Crippen molar-refractivity contribution in [3.63, 3.8) is 0 Å². The van der Waals surface area contributed by atoms with E-state index >= 15 is 0 Å². The van der Waals surface area contributed by atoms with E-state index in [2.05, 4.69) is 4.98 Å². The van der Waals surface area contributed by atoms with Crippen LogP contribution in [-0.2, 0) is 0 Å². The molecule has 0 bridgehead atoms. The molecule has 0 amide bonds. The fourth-order valence-electron chi connectivity index (χ4n) is 1.78. The van der Waals surface area contributed by atoms with Crippen LogP contribution < -0.4 is 0 Å². The molecular weight excluding hydrogens is 239 g/mol. The first-order chi connectivity index (χ1) is 8.25. The highest BCUT2D eigenvalue weighted by Gasteiger charge is 2.09. The van der Waals surface area contributed by atoms with Gasteiger partial charge in [0.25, 0.3) is 0 Å². The molecule has 2 aromatic heterocycles. The number of benzene rings is 1. The molecule has 0 unspecified atom stereocenters. The van der Waals surface area contributed by atoms with E-state index in [-0.39, 0.29) is 5.82 Å². The number of aromatic nitrogens is 2. The molecule has 3 aromatic rings. The summed E-state index contributed by atoms with van der Waals surface area (Å²) >= 11 is 6.08. The first-order valence-corrected chi connectivity index (χ1v) is 5.51. The normalized spacial score (nSPS) is 10.9. The minimum Gasteiger partial charge on any atom is -0.304 e. The number of hydrogen-bond acceptors (Lipinski definition) is 1. The zero-order valence-electron chi connectivity index (χ0n) is 8.77. The number of nitrogens with zero attached hydrogens (tertiary/aromatic N) is 2. The summed E-state index contributed by atoms with van der Waals surface area (Å²) in [4.78, 5) is 4.25. The highest BCUT2D eigenvalue weighted by molar-refractivity contribution is 6.33. The Morgan fingerprint density at radius 2 is 1.94 bits per heavy atom. The van der Waals surface area contributed by atoms with Crippen molar-refractivity contribution in [3.8, 4) is 11.3 Å². The van der Waals surface area contributed by atoms with Crippen LogP contribution in [0.15, 0.2) is 48.8 Å². The maximum absolute atomic E-state index is 13.5. The van der Waals surface area contributed by atoms with E-state index in [0.717, 1.165) is 5.56 Å². The second-order valence-corrected chi connectivity index (χ2v) is 4.10. The van der Waals surface area contributed by atoms with Crippen LogP contribution in [0.1, 0.15) is 0 Å². The first-order valence-electron chi connectivity index (χ1n) is 5.14. The summed E-state index contributed by atoms with van der Waals surface area (Å²) in [6, 6.07) is 10.4. The van der Waals surface area contributed by atoms with Gasteiger partial charge in [-0.1, -0.05) is 29.8 Å². The molecule has 1 aromatic carbocycles. The predicted octanol–water partition coefficient (Wildman–Crippen LogP) is 3.79. The van der Waals surface area contributed by atoms with E-state index < -0.39 is 0 Å². The molecule has 0 aliphatic carbocycles. The molecule has 2 heterocycles. The molecule has 0 N–H and O–H groups in total. The predicted molar refractivity (Wildman–Crippen MR) is 65.6 cm³/mol. The van der Waals surface area contributed by atoms with Crippen LogP contribution in [0.2, 0.25) is 5.02 Å². The molecule has 3 rings (SSSR count). The molecular formula is C13H8ClFN2. The van der Waals surface area contributed by atoms with Crippen LogP contribution >= 0.6 is 11.6 Å². The van der Waals surface area contributed by atoms with E-state index in [9.17, 15) is 4.39 Å². The van der Waals surface area contributed by atoms with E-state index in [1.165, 1.54) is 6.07 Å². The van der Waals surface area contributed by atoms with Gasteiger partial charge < -0.3 is 4.40 Å². The molecule has 0 saturated carbocycles. The lowest BCUT2D eigenvalue weighted by molar-refractivity contribution is 0.630. The largest absolute Gasteiger partial charge is 0.304 e. The van der Waals surface area contributed by atoms with E-state index in [0.29, 0.717) is 16.4 Å². The zero-order valence-corrected chi connectivity index (χ0v) is 9.53. The Balaban J connectivity index is 2.26. The summed E-state index contributed by atoms with van der Waals surface area (Å²) in [6.45, 7) is 0. The van der Waals surface area contributed by atoms with Crippen molar-refractivity contribution in [2.75, 3.05) is 0 Å². The summed E-state index contributed by atoms with van der Waals surface area (Å²) in [7, 11) is 0. The van der Waals surface area contributed by atoms with Crippen molar-refractivity contribution in [1.29, 1.82) is 0 Å². The minimum absolute atomic E-state index is 0.308. The van der Waals surface area contributed by atoms with Crippen molar-refractivity contribution in [2.24, 2.45) is 0 Å². The highest BCUT2D eigenvalue weighted by Crippen LogP contribution is 2.27. The Hall–Kier alpha value is -1.87. The molecule has 0 radical (unpaired) electrons. The van der Waals surface area contributed by atoms with Crippen LogP contribution in [0.25, 0.3) is 16.9 Å². The van der Waals surface area contributed by atoms with Crippen molar-refractivity contribution in [1.82, 2.24) is 9.38 Å². The van der Waals surface area contributed by atoms with Gasteiger partial charge in [0.05, 0.1) is 10.7 Å². The molecule has 84 valence electrons. The average molecular weight is 247 g/mol. The molecule has 17 heavy (non-hydrogen) atoms. The van der Waals surface area contributed by atoms with Crippen LogP contribution in [0, 0.1) is 5.82 Å². The van der Waals surface area contributed by atoms with Gasteiger partial charge in [-0.15, -0.1) is 0 Å². The fraction of sp³-hybridized carbons (Fsp3) is 0. The van der Waals surface area contributed by atoms with Gasteiger partial charge in [0.15, 0.2) is 11.5 Å². The molecule has 0 atom stereocenters. The maximum atomic E-state index is 13.5. The second kappa shape index (κ2) is 3.86. The summed E-state index contributed by atoms with van der Waals surface area (Å²) in [5.74, 6) is -0.342. The smallest absolute Gasteiger partial charge is 0.173 e. The lowest BCUT2D eigenvalue weighted by Gasteiger charge is -1.97. The number of pyridine rings is 1. The topological polar surface area (TPSA) is 17.3 Å². The number of imidazole rings is 1.